The third-order valence-corrected chi connectivity index (χ3v) is 9.78. The molecule has 2 N–H and O–H groups in total. The van der Waals surface area contributed by atoms with Gasteiger partial charge in [0, 0.05) is 35.6 Å². The van der Waals surface area contributed by atoms with Gasteiger partial charge >= 0.3 is 0 Å². The van der Waals surface area contributed by atoms with E-state index in [4.69, 9.17) is 9.84 Å². The molecule has 5 aromatic heterocycles. The van der Waals surface area contributed by atoms with Crippen LogP contribution >= 0.6 is 34.2 Å². The van der Waals surface area contributed by atoms with Crippen LogP contribution in [0.15, 0.2) is 90.3 Å². The van der Waals surface area contributed by atoms with Gasteiger partial charge in [-0.15, -0.1) is 22.7 Å². The van der Waals surface area contributed by atoms with Crippen molar-refractivity contribution in [3.63, 3.8) is 0 Å². The molecule has 254 valence electrons. The number of aromatic hydroxyl groups is 2. The number of rotatable bonds is 7. The third kappa shape index (κ3) is 7.67. The van der Waals surface area contributed by atoms with Crippen LogP contribution in [0, 0.1) is 0 Å². The number of nitrogens with zero attached hydrogens (tertiary/aromatic N) is 6. The van der Waals surface area contributed by atoms with Crippen LogP contribution in [0.4, 0.5) is 0 Å². The number of phenols is 2. The van der Waals surface area contributed by atoms with Gasteiger partial charge in [-0.05, 0) is 80.0 Å². The highest BCUT2D eigenvalue weighted by molar-refractivity contribution is 7.17. The summed E-state index contributed by atoms with van der Waals surface area (Å²) in [6, 6.07) is 18.1. The van der Waals surface area contributed by atoms with Gasteiger partial charge in [-0.25, -0.2) is 9.97 Å². The molecule has 0 aliphatic carbocycles. The second kappa shape index (κ2) is 16.2. The number of aldehydes is 2. The van der Waals surface area contributed by atoms with E-state index in [1.54, 1.807) is 59.9 Å². The number of phenolic OH excluding ortho intramolecular Hbond substituents is 2. The molecule has 0 radical (unpaired) electrons. The van der Waals surface area contributed by atoms with E-state index in [1.165, 1.54) is 40.3 Å². The number of thiazole rings is 2. The third-order valence-electron chi connectivity index (χ3n) is 7.26. The fraction of sp³-hybridized carbons (Fsp3) is 0.139. The highest BCUT2D eigenvalue weighted by atomic mass is 32.1. The van der Waals surface area contributed by atoms with Gasteiger partial charge < -0.3 is 14.9 Å². The molecular weight excluding hydrogens is 693 g/mol. The smallest absolute Gasteiger partial charge is 0.155 e. The highest BCUT2D eigenvalue weighted by Gasteiger charge is 2.16. The summed E-state index contributed by atoms with van der Waals surface area (Å²) in [4.78, 5) is 35.0. The molecule has 0 bridgehead atoms. The van der Waals surface area contributed by atoms with Crippen molar-refractivity contribution in [1.82, 2.24) is 29.1 Å². The minimum absolute atomic E-state index is 0. The van der Waals surface area contributed by atoms with Crippen LogP contribution in [0.1, 0.15) is 53.6 Å². The minimum atomic E-state index is 0. The maximum Gasteiger partial charge on any atom is 0.155 e. The van der Waals surface area contributed by atoms with Gasteiger partial charge in [-0.1, -0.05) is 13.5 Å². The fourth-order valence-electron chi connectivity index (χ4n) is 4.93. The molecule has 8 rings (SSSR count). The van der Waals surface area contributed by atoms with Crippen molar-refractivity contribution in [2.24, 2.45) is 0 Å². The van der Waals surface area contributed by atoms with E-state index in [0.717, 1.165) is 53.8 Å². The van der Waals surface area contributed by atoms with Gasteiger partial charge in [0.15, 0.2) is 12.6 Å². The van der Waals surface area contributed by atoms with E-state index >= 15 is 0 Å². The van der Waals surface area contributed by atoms with Gasteiger partial charge in [0.25, 0.3) is 0 Å². The summed E-state index contributed by atoms with van der Waals surface area (Å²) >= 11 is 4.18. The van der Waals surface area contributed by atoms with Gasteiger partial charge in [-0.3, -0.25) is 19.3 Å². The number of benzene rings is 3. The van der Waals surface area contributed by atoms with Crippen molar-refractivity contribution in [2.45, 2.75) is 33.9 Å². The quantitative estimate of drug-likeness (QED) is 0.152. The highest BCUT2D eigenvalue weighted by Crippen LogP contribution is 2.31. The second-order valence-corrected chi connectivity index (χ2v) is 13.3. The number of hydrogen-bond acceptors (Lipinski definition) is 13. The van der Waals surface area contributed by atoms with Crippen molar-refractivity contribution in [3.05, 3.63) is 107 Å². The molecule has 0 fully saturated rings. The van der Waals surface area contributed by atoms with E-state index < -0.39 is 0 Å². The van der Waals surface area contributed by atoms with E-state index in [1.807, 2.05) is 28.9 Å². The first kappa shape index (κ1) is 35.7. The summed E-state index contributed by atoms with van der Waals surface area (Å²) in [6.45, 7) is 4.46. The molecule has 0 saturated heterocycles. The molecule has 0 aliphatic heterocycles. The Morgan fingerprint density at radius 2 is 1.64 bits per heavy atom. The topological polar surface area (TPSA) is 153 Å². The molecule has 11 nitrogen and oxygen atoms in total. The second-order valence-electron chi connectivity index (χ2n) is 10.7. The SMILES string of the molecule is C.CC(C)n1nccc1-c1ncccc1COc1ccc2ncsc2c1C=O.O=Cc1c(O)ccc2cnsc12.Oc1ccc2ncsc2c1. The van der Waals surface area contributed by atoms with Crippen molar-refractivity contribution >= 4 is 77.3 Å². The molecule has 3 aromatic carbocycles. The summed E-state index contributed by atoms with van der Waals surface area (Å²) in [6.07, 6.45) is 6.68. The average molecular weight is 725 g/mol. The van der Waals surface area contributed by atoms with Gasteiger partial charge in [0.1, 0.15) is 23.9 Å². The number of carbonyl (C=O) groups is 2. The van der Waals surface area contributed by atoms with Crippen LogP contribution < -0.4 is 4.74 Å². The number of pyridine rings is 1. The lowest BCUT2D eigenvalue weighted by atomic mass is 10.1. The van der Waals surface area contributed by atoms with E-state index in [2.05, 4.69) is 38.3 Å². The molecule has 14 heteroatoms. The Morgan fingerprint density at radius 1 is 0.860 bits per heavy atom. The molecule has 0 aliphatic rings. The predicted molar refractivity (Wildman–Crippen MR) is 200 cm³/mol. The van der Waals surface area contributed by atoms with Crippen LogP contribution in [-0.4, -0.2) is 51.9 Å². The summed E-state index contributed by atoms with van der Waals surface area (Å²) in [5.41, 5.74) is 8.81. The van der Waals surface area contributed by atoms with Crippen molar-refractivity contribution in [3.8, 4) is 28.6 Å². The first-order valence-corrected chi connectivity index (χ1v) is 17.4. The zero-order valence-corrected chi connectivity index (χ0v) is 28.6. The Bertz CT molecular complexity index is 2380. The van der Waals surface area contributed by atoms with Gasteiger partial charge in [-0.2, -0.15) is 9.47 Å². The van der Waals surface area contributed by atoms with E-state index in [0.29, 0.717) is 35.5 Å². The Kier molecular flexibility index (Phi) is 11.6. The van der Waals surface area contributed by atoms with Crippen LogP contribution in [0.2, 0.25) is 0 Å². The molecule has 0 atom stereocenters. The molecular formula is C36H32N6O5S3. The average Bonchev–Trinajstić information content (AvgIpc) is 3.94. The number of hydrogen-bond donors (Lipinski definition) is 2. The summed E-state index contributed by atoms with van der Waals surface area (Å²) in [5.74, 6) is 0.868. The Balaban J connectivity index is 0.000000173. The molecule has 0 saturated carbocycles. The monoisotopic (exact) mass is 724 g/mol. The molecule has 0 spiro atoms. The van der Waals surface area contributed by atoms with Gasteiger partial charge in [0.2, 0.25) is 0 Å². The Morgan fingerprint density at radius 3 is 2.44 bits per heavy atom. The maximum absolute atomic E-state index is 11.6. The number of fused-ring (bicyclic) bond motifs is 3. The summed E-state index contributed by atoms with van der Waals surface area (Å²) < 4.78 is 14.5. The molecule has 0 unspecified atom stereocenters. The normalized spacial score (nSPS) is 10.6. The predicted octanol–water partition coefficient (Wildman–Crippen LogP) is 8.98. The lowest BCUT2D eigenvalue weighted by Gasteiger charge is -2.14. The summed E-state index contributed by atoms with van der Waals surface area (Å²) in [5, 5.41) is 23.6. The fourth-order valence-corrected chi connectivity index (χ4v) is 7.17. The molecule has 8 aromatic rings. The first-order chi connectivity index (χ1) is 23.9. The Labute approximate surface area is 299 Å². The lowest BCUT2D eigenvalue weighted by molar-refractivity contribution is 0.111. The molecule has 5 heterocycles. The molecule has 50 heavy (non-hydrogen) atoms. The number of aromatic nitrogens is 6. The standard InChI is InChI=1S/C20H18N4O2S.C8H5NO2S.C7H5NOS.CH4/c1-13(2)24-17(7-9-23-24)19-14(4-3-8-21-19)11-26-18-6-5-16-20(15(18)10-25)27-12-22-16;10-4-6-7(11)2-1-5-3-9-12-8(5)6;9-5-1-2-6-7(3-5)10-4-8-6;/h3-10,12-13H,11H2,1-2H3;1-4,11H;1-4,9H;1H4. The van der Waals surface area contributed by atoms with Crippen LogP contribution in [0.25, 0.3) is 41.9 Å². The molecule has 0 amide bonds. The van der Waals surface area contributed by atoms with Crippen molar-refractivity contribution in [1.29, 1.82) is 0 Å². The van der Waals surface area contributed by atoms with Crippen LogP contribution in [0.5, 0.6) is 17.2 Å². The maximum atomic E-state index is 11.6. The van der Waals surface area contributed by atoms with Crippen LogP contribution in [-0.2, 0) is 6.61 Å². The number of ether oxygens (including phenoxy) is 1. The van der Waals surface area contributed by atoms with Gasteiger partial charge in [0.05, 0.1) is 58.7 Å². The van der Waals surface area contributed by atoms with Crippen molar-refractivity contribution < 1.29 is 24.5 Å². The van der Waals surface area contributed by atoms with Crippen LogP contribution in [0.3, 0.4) is 0 Å². The van der Waals surface area contributed by atoms with Crippen molar-refractivity contribution in [2.75, 3.05) is 0 Å². The number of carbonyl (C=O) groups excluding carboxylic acids is 2. The summed E-state index contributed by atoms with van der Waals surface area (Å²) in [7, 11) is 0. The van der Waals surface area contributed by atoms with E-state index in [9.17, 15) is 14.7 Å². The zero-order valence-electron chi connectivity index (χ0n) is 26.1. The minimum Gasteiger partial charge on any atom is -0.508 e. The zero-order chi connectivity index (χ0) is 34.3. The Hall–Kier alpha value is -5.57. The largest absolute Gasteiger partial charge is 0.508 e. The first-order valence-electron chi connectivity index (χ1n) is 14.8. The lowest BCUT2D eigenvalue weighted by Crippen LogP contribution is -2.08. The van der Waals surface area contributed by atoms with E-state index in [-0.39, 0.29) is 19.2 Å².